The van der Waals surface area contributed by atoms with Gasteiger partial charge >= 0.3 is 0 Å². The third kappa shape index (κ3) is 3.57. The third-order valence-corrected chi connectivity index (χ3v) is 4.53. The lowest BCUT2D eigenvalue weighted by molar-refractivity contribution is -0.139. The number of amides is 1. The second-order valence-corrected chi connectivity index (χ2v) is 6.31. The Morgan fingerprint density at radius 3 is 2.85 bits per heavy atom. The van der Waals surface area contributed by atoms with Crippen LogP contribution >= 0.6 is 0 Å². The minimum atomic E-state index is -0.559. The second-order valence-electron chi connectivity index (χ2n) is 6.31. The van der Waals surface area contributed by atoms with Crippen LogP contribution in [0.15, 0.2) is 24.5 Å². The molecule has 9 heteroatoms. The molecule has 0 radical (unpaired) electrons. The SMILES string of the molecule is C[C@@H](Oc1ccc2c(c1)OCO2)C(=O)N1CCN(Cc2ncn[nH]2)CC1. The van der Waals surface area contributed by atoms with Crippen LogP contribution in [0.5, 0.6) is 17.2 Å². The van der Waals surface area contributed by atoms with E-state index in [1.165, 1.54) is 6.33 Å². The van der Waals surface area contributed by atoms with E-state index in [-0.39, 0.29) is 12.7 Å². The Kier molecular flexibility index (Phi) is 4.61. The Bertz CT molecular complexity index is 759. The molecule has 26 heavy (non-hydrogen) atoms. The summed E-state index contributed by atoms with van der Waals surface area (Å²) in [6.45, 7) is 5.63. The van der Waals surface area contributed by atoms with Gasteiger partial charge in [0.1, 0.15) is 17.9 Å². The molecule has 0 saturated carbocycles. The maximum absolute atomic E-state index is 12.7. The normalized spacial score (nSPS) is 18.0. The van der Waals surface area contributed by atoms with Crippen molar-refractivity contribution in [2.75, 3.05) is 33.0 Å². The molecule has 2 aliphatic heterocycles. The van der Waals surface area contributed by atoms with Gasteiger partial charge in [-0.2, -0.15) is 5.10 Å². The molecule has 0 aliphatic carbocycles. The molecule has 4 rings (SSSR count). The molecule has 9 nitrogen and oxygen atoms in total. The van der Waals surface area contributed by atoms with Gasteiger partial charge in [-0.3, -0.25) is 14.8 Å². The standard InChI is InChI=1S/C17H21N5O4/c1-12(26-13-2-3-14-15(8-13)25-11-24-14)17(23)22-6-4-21(5-7-22)9-16-18-10-19-20-16/h2-3,8,10,12H,4-7,9,11H2,1H3,(H,18,19,20)/t12-/m1/s1. The van der Waals surface area contributed by atoms with Gasteiger partial charge in [-0.25, -0.2) is 4.98 Å². The van der Waals surface area contributed by atoms with Crippen LogP contribution in [0.2, 0.25) is 0 Å². The van der Waals surface area contributed by atoms with Gasteiger partial charge in [0.25, 0.3) is 5.91 Å². The predicted octanol–water partition coefficient (Wildman–Crippen LogP) is 0.645. The average molecular weight is 359 g/mol. The molecule has 1 atom stereocenters. The number of aromatic amines is 1. The minimum Gasteiger partial charge on any atom is -0.481 e. The van der Waals surface area contributed by atoms with Crippen molar-refractivity contribution in [3.05, 3.63) is 30.4 Å². The van der Waals surface area contributed by atoms with Crippen LogP contribution in [0.25, 0.3) is 0 Å². The molecule has 1 N–H and O–H groups in total. The smallest absolute Gasteiger partial charge is 0.263 e. The highest BCUT2D eigenvalue weighted by Gasteiger charge is 2.26. The quantitative estimate of drug-likeness (QED) is 0.838. The molecular weight excluding hydrogens is 338 g/mol. The van der Waals surface area contributed by atoms with Gasteiger partial charge in [-0.15, -0.1) is 0 Å². The van der Waals surface area contributed by atoms with E-state index in [2.05, 4.69) is 20.1 Å². The fourth-order valence-electron chi connectivity index (χ4n) is 3.11. The van der Waals surface area contributed by atoms with Crippen LogP contribution < -0.4 is 14.2 Å². The maximum Gasteiger partial charge on any atom is 0.263 e. The van der Waals surface area contributed by atoms with Gasteiger partial charge in [-0.05, 0) is 19.1 Å². The lowest BCUT2D eigenvalue weighted by Crippen LogP contribution is -2.51. The number of piperazine rings is 1. The Morgan fingerprint density at radius 2 is 2.08 bits per heavy atom. The Hall–Kier alpha value is -2.81. The highest BCUT2D eigenvalue weighted by molar-refractivity contribution is 5.81. The van der Waals surface area contributed by atoms with Gasteiger partial charge in [0, 0.05) is 32.2 Å². The summed E-state index contributed by atoms with van der Waals surface area (Å²) in [6.07, 6.45) is 0.945. The fraction of sp³-hybridized carbons (Fsp3) is 0.471. The van der Waals surface area contributed by atoms with Crippen molar-refractivity contribution < 1.29 is 19.0 Å². The van der Waals surface area contributed by atoms with Crippen LogP contribution in [0.4, 0.5) is 0 Å². The first-order chi connectivity index (χ1) is 12.7. The number of fused-ring (bicyclic) bond motifs is 1. The van der Waals surface area contributed by atoms with Crippen molar-refractivity contribution in [1.82, 2.24) is 25.0 Å². The predicted molar refractivity (Wildman–Crippen MR) is 90.9 cm³/mol. The molecule has 1 fully saturated rings. The van der Waals surface area contributed by atoms with E-state index in [0.29, 0.717) is 36.9 Å². The monoisotopic (exact) mass is 359 g/mol. The summed E-state index contributed by atoms with van der Waals surface area (Å²) in [5.41, 5.74) is 0. The molecule has 1 saturated heterocycles. The first-order valence-corrected chi connectivity index (χ1v) is 8.61. The van der Waals surface area contributed by atoms with Gasteiger partial charge in [-0.1, -0.05) is 0 Å². The van der Waals surface area contributed by atoms with Crippen molar-refractivity contribution in [3.63, 3.8) is 0 Å². The number of hydrogen-bond acceptors (Lipinski definition) is 7. The summed E-state index contributed by atoms with van der Waals surface area (Å²) in [5.74, 6) is 2.76. The number of rotatable bonds is 5. The number of benzene rings is 1. The number of carbonyl (C=O) groups is 1. The molecule has 1 aromatic heterocycles. The van der Waals surface area contributed by atoms with Gasteiger partial charge in [0.2, 0.25) is 6.79 Å². The Morgan fingerprint density at radius 1 is 1.27 bits per heavy atom. The molecule has 0 unspecified atom stereocenters. The van der Waals surface area contributed by atoms with E-state index in [9.17, 15) is 4.79 Å². The first kappa shape index (κ1) is 16.6. The number of carbonyl (C=O) groups excluding carboxylic acids is 1. The Balaban J connectivity index is 1.29. The number of aromatic nitrogens is 3. The summed E-state index contributed by atoms with van der Waals surface area (Å²) in [5, 5.41) is 6.71. The van der Waals surface area contributed by atoms with Crippen LogP contribution in [0.1, 0.15) is 12.7 Å². The zero-order valence-corrected chi connectivity index (χ0v) is 14.6. The highest BCUT2D eigenvalue weighted by Crippen LogP contribution is 2.35. The highest BCUT2D eigenvalue weighted by atomic mass is 16.7. The molecule has 2 aromatic rings. The maximum atomic E-state index is 12.7. The topological polar surface area (TPSA) is 92.8 Å². The molecule has 3 heterocycles. The van der Waals surface area contributed by atoms with E-state index >= 15 is 0 Å². The third-order valence-electron chi connectivity index (χ3n) is 4.53. The lowest BCUT2D eigenvalue weighted by Gasteiger charge is -2.35. The van der Waals surface area contributed by atoms with Gasteiger partial charge in [0.05, 0.1) is 6.54 Å². The van der Waals surface area contributed by atoms with Crippen LogP contribution in [0, 0.1) is 0 Å². The molecular formula is C17H21N5O4. The number of H-pyrrole nitrogens is 1. The summed E-state index contributed by atoms with van der Waals surface area (Å²) >= 11 is 0. The summed E-state index contributed by atoms with van der Waals surface area (Å²) < 4.78 is 16.4. The molecule has 1 amide bonds. The zero-order valence-electron chi connectivity index (χ0n) is 14.6. The summed E-state index contributed by atoms with van der Waals surface area (Å²) in [7, 11) is 0. The van der Waals surface area contributed by atoms with E-state index < -0.39 is 6.10 Å². The average Bonchev–Trinajstić information content (AvgIpc) is 3.33. The second kappa shape index (κ2) is 7.20. The van der Waals surface area contributed by atoms with Crippen LogP contribution in [0.3, 0.4) is 0 Å². The lowest BCUT2D eigenvalue weighted by atomic mass is 10.2. The fourth-order valence-corrected chi connectivity index (χ4v) is 3.11. The van der Waals surface area contributed by atoms with E-state index in [4.69, 9.17) is 14.2 Å². The number of hydrogen-bond donors (Lipinski definition) is 1. The van der Waals surface area contributed by atoms with Crippen LogP contribution in [-0.2, 0) is 11.3 Å². The molecule has 1 aromatic carbocycles. The van der Waals surface area contributed by atoms with Crippen molar-refractivity contribution in [2.24, 2.45) is 0 Å². The van der Waals surface area contributed by atoms with Gasteiger partial charge in [0.15, 0.2) is 17.6 Å². The largest absolute Gasteiger partial charge is 0.481 e. The number of nitrogens with zero attached hydrogens (tertiary/aromatic N) is 4. The molecule has 2 aliphatic rings. The van der Waals surface area contributed by atoms with E-state index in [0.717, 1.165) is 18.9 Å². The van der Waals surface area contributed by atoms with E-state index in [1.807, 2.05) is 4.90 Å². The molecule has 0 bridgehead atoms. The van der Waals surface area contributed by atoms with Gasteiger partial charge < -0.3 is 19.1 Å². The number of ether oxygens (including phenoxy) is 3. The van der Waals surface area contributed by atoms with Crippen molar-refractivity contribution >= 4 is 5.91 Å². The molecule has 138 valence electrons. The first-order valence-electron chi connectivity index (χ1n) is 8.61. The van der Waals surface area contributed by atoms with Crippen molar-refractivity contribution in [3.8, 4) is 17.2 Å². The summed E-state index contributed by atoms with van der Waals surface area (Å²) in [4.78, 5) is 20.9. The number of nitrogens with one attached hydrogen (secondary N) is 1. The van der Waals surface area contributed by atoms with Crippen molar-refractivity contribution in [2.45, 2.75) is 19.6 Å². The van der Waals surface area contributed by atoms with Crippen molar-refractivity contribution in [1.29, 1.82) is 0 Å². The minimum absolute atomic E-state index is 0.0121. The van der Waals surface area contributed by atoms with Crippen LogP contribution in [-0.4, -0.2) is 70.0 Å². The van der Waals surface area contributed by atoms with E-state index in [1.54, 1.807) is 25.1 Å². The molecule has 0 spiro atoms. The zero-order chi connectivity index (χ0) is 17.9. The summed E-state index contributed by atoms with van der Waals surface area (Å²) in [6, 6.07) is 5.32. The Labute approximate surface area is 150 Å².